The number of methoxy groups -OCH3 is 1. The van der Waals surface area contributed by atoms with Crippen molar-refractivity contribution < 1.29 is 18.7 Å². The number of rotatable bonds is 8. The zero-order valence-electron chi connectivity index (χ0n) is 19.2. The van der Waals surface area contributed by atoms with Crippen molar-refractivity contribution in [1.29, 1.82) is 0 Å². The molecule has 0 unspecified atom stereocenters. The number of hydrogen-bond acceptors (Lipinski definition) is 5. The first-order valence-corrected chi connectivity index (χ1v) is 10.8. The van der Waals surface area contributed by atoms with Crippen LogP contribution in [0.15, 0.2) is 73.2 Å². The quantitative estimate of drug-likeness (QED) is 0.383. The zero-order chi connectivity index (χ0) is 24.1. The number of ether oxygens (including phenoxy) is 2. The molecule has 0 saturated carbocycles. The summed E-state index contributed by atoms with van der Waals surface area (Å²) in [6, 6.07) is 14.9. The Hall–Kier alpha value is -4.20. The second kappa shape index (κ2) is 10.2. The number of amides is 1. The molecule has 0 saturated heterocycles. The second-order valence-electron chi connectivity index (χ2n) is 7.95. The van der Waals surface area contributed by atoms with Crippen molar-refractivity contribution in [3.05, 3.63) is 95.8 Å². The molecule has 2 heterocycles. The van der Waals surface area contributed by atoms with Gasteiger partial charge in [0.25, 0.3) is 5.91 Å². The van der Waals surface area contributed by atoms with Gasteiger partial charge in [-0.1, -0.05) is 13.8 Å². The van der Waals surface area contributed by atoms with E-state index in [1.165, 1.54) is 18.3 Å². The van der Waals surface area contributed by atoms with Crippen molar-refractivity contribution >= 4 is 11.6 Å². The topological polar surface area (TPSA) is 78.3 Å². The number of carbonyl (C=O) groups excluding carboxylic acids is 1. The Balaban J connectivity index is 1.57. The second-order valence-corrected chi connectivity index (χ2v) is 7.95. The van der Waals surface area contributed by atoms with Gasteiger partial charge < -0.3 is 14.8 Å². The lowest BCUT2D eigenvalue weighted by Crippen LogP contribution is -2.15. The fourth-order valence-corrected chi connectivity index (χ4v) is 3.58. The predicted molar refractivity (Wildman–Crippen MR) is 127 cm³/mol. The summed E-state index contributed by atoms with van der Waals surface area (Å²) in [7, 11) is 1.56. The molecular formula is C26H25FN4O3. The van der Waals surface area contributed by atoms with E-state index in [2.05, 4.69) is 15.4 Å². The minimum absolute atomic E-state index is 0.00317. The lowest BCUT2D eigenvalue weighted by atomic mass is 10.0. The van der Waals surface area contributed by atoms with E-state index in [0.717, 1.165) is 11.3 Å². The van der Waals surface area contributed by atoms with Crippen LogP contribution in [0, 0.1) is 5.82 Å². The van der Waals surface area contributed by atoms with Gasteiger partial charge in [-0.3, -0.25) is 9.78 Å². The average molecular weight is 461 g/mol. The molecule has 0 fully saturated rings. The van der Waals surface area contributed by atoms with E-state index in [0.29, 0.717) is 35.0 Å². The molecule has 0 radical (unpaired) electrons. The van der Waals surface area contributed by atoms with Gasteiger partial charge in [0.2, 0.25) is 0 Å². The number of anilines is 1. The zero-order valence-corrected chi connectivity index (χ0v) is 19.2. The van der Waals surface area contributed by atoms with Gasteiger partial charge in [-0.25, -0.2) is 9.07 Å². The van der Waals surface area contributed by atoms with Gasteiger partial charge in [0.05, 0.1) is 30.3 Å². The van der Waals surface area contributed by atoms with Crippen molar-refractivity contribution in [3.8, 4) is 17.2 Å². The molecule has 0 aliphatic heterocycles. The van der Waals surface area contributed by atoms with E-state index in [1.807, 2.05) is 26.0 Å². The third kappa shape index (κ3) is 5.06. The number of nitrogens with zero attached hydrogens (tertiary/aromatic N) is 3. The average Bonchev–Trinajstić information content (AvgIpc) is 3.30. The molecule has 0 atom stereocenters. The number of nitrogens with one attached hydrogen (secondary N) is 1. The molecule has 174 valence electrons. The van der Waals surface area contributed by atoms with Gasteiger partial charge >= 0.3 is 0 Å². The summed E-state index contributed by atoms with van der Waals surface area (Å²) in [6.45, 7) is 4.29. The molecule has 0 spiro atoms. The van der Waals surface area contributed by atoms with Crippen molar-refractivity contribution in [2.24, 2.45) is 0 Å². The van der Waals surface area contributed by atoms with Crippen LogP contribution >= 0.6 is 0 Å². The summed E-state index contributed by atoms with van der Waals surface area (Å²) >= 11 is 0. The molecule has 1 N–H and O–H groups in total. The van der Waals surface area contributed by atoms with Gasteiger partial charge in [-0.05, 0) is 60.0 Å². The Morgan fingerprint density at radius 3 is 2.47 bits per heavy atom. The summed E-state index contributed by atoms with van der Waals surface area (Å²) in [5, 5.41) is 7.31. The van der Waals surface area contributed by atoms with E-state index in [9.17, 15) is 9.18 Å². The van der Waals surface area contributed by atoms with Crippen LogP contribution in [0.5, 0.6) is 11.5 Å². The largest absolute Gasteiger partial charge is 0.493 e. The Morgan fingerprint density at radius 1 is 1.06 bits per heavy atom. The number of aromatic nitrogens is 3. The van der Waals surface area contributed by atoms with Gasteiger partial charge in [-0.2, -0.15) is 5.10 Å². The number of benzene rings is 2. The van der Waals surface area contributed by atoms with Crippen molar-refractivity contribution in [1.82, 2.24) is 14.8 Å². The van der Waals surface area contributed by atoms with E-state index < -0.39 is 0 Å². The Bertz CT molecular complexity index is 1270. The SMILES string of the molecule is COc1ccc(NC(=O)c2cnn(-c3ccc(F)cc3)c2C(C)C)cc1OCc1ccncc1. The number of halogens is 1. The lowest BCUT2D eigenvalue weighted by Gasteiger charge is -2.14. The fraction of sp³-hybridized carbons (Fsp3) is 0.192. The maximum atomic E-state index is 13.4. The van der Waals surface area contributed by atoms with Crippen LogP contribution in [0.3, 0.4) is 0 Å². The molecule has 1 amide bonds. The van der Waals surface area contributed by atoms with Crippen molar-refractivity contribution in [2.75, 3.05) is 12.4 Å². The van der Waals surface area contributed by atoms with Gasteiger partial charge in [0.15, 0.2) is 11.5 Å². The third-order valence-electron chi connectivity index (χ3n) is 5.23. The Morgan fingerprint density at radius 2 is 1.79 bits per heavy atom. The maximum Gasteiger partial charge on any atom is 0.259 e. The molecule has 0 aliphatic rings. The van der Waals surface area contributed by atoms with Crippen LogP contribution in [0.2, 0.25) is 0 Å². The van der Waals surface area contributed by atoms with Gasteiger partial charge in [0, 0.05) is 24.1 Å². The predicted octanol–water partition coefficient (Wildman–Crippen LogP) is 5.37. The highest BCUT2D eigenvalue weighted by Gasteiger charge is 2.21. The Kier molecular flexibility index (Phi) is 6.87. The molecule has 0 bridgehead atoms. The normalized spacial score (nSPS) is 10.9. The molecule has 2 aromatic carbocycles. The maximum absolute atomic E-state index is 13.4. The summed E-state index contributed by atoms with van der Waals surface area (Å²) < 4.78 is 26.3. The van der Waals surface area contributed by atoms with E-state index >= 15 is 0 Å². The number of hydrogen-bond donors (Lipinski definition) is 1. The van der Waals surface area contributed by atoms with Gasteiger partial charge in [0.1, 0.15) is 12.4 Å². The first-order chi connectivity index (χ1) is 16.5. The van der Waals surface area contributed by atoms with Crippen LogP contribution in [-0.4, -0.2) is 27.8 Å². The molecule has 4 rings (SSSR count). The summed E-state index contributed by atoms with van der Waals surface area (Å²) in [6.07, 6.45) is 4.92. The summed E-state index contributed by atoms with van der Waals surface area (Å²) in [5.74, 6) is 0.425. The Labute approximate surface area is 197 Å². The van der Waals surface area contributed by atoms with Gasteiger partial charge in [-0.15, -0.1) is 0 Å². The smallest absolute Gasteiger partial charge is 0.259 e. The van der Waals surface area contributed by atoms with Crippen LogP contribution in [0.25, 0.3) is 5.69 Å². The van der Waals surface area contributed by atoms with E-state index in [4.69, 9.17) is 9.47 Å². The monoisotopic (exact) mass is 460 g/mol. The minimum atomic E-state index is -0.332. The fourth-order valence-electron chi connectivity index (χ4n) is 3.58. The van der Waals surface area contributed by atoms with Crippen LogP contribution in [-0.2, 0) is 6.61 Å². The highest BCUT2D eigenvalue weighted by atomic mass is 19.1. The highest BCUT2D eigenvalue weighted by molar-refractivity contribution is 6.05. The summed E-state index contributed by atoms with van der Waals surface area (Å²) in [5.41, 5.74) is 3.36. The number of pyridine rings is 1. The highest BCUT2D eigenvalue weighted by Crippen LogP contribution is 2.32. The molecule has 7 nitrogen and oxygen atoms in total. The van der Waals surface area contributed by atoms with E-state index in [1.54, 1.807) is 54.5 Å². The van der Waals surface area contributed by atoms with Crippen molar-refractivity contribution in [2.45, 2.75) is 26.4 Å². The van der Waals surface area contributed by atoms with Crippen LogP contribution < -0.4 is 14.8 Å². The number of carbonyl (C=O) groups is 1. The van der Waals surface area contributed by atoms with Crippen LogP contribution in [0.4, 0.5) is 10.1 Å². The van der Waals surface area contributed by atoms with E-state index in [-0.39, 0.29) is 17.6 Å². The molecular weight excluding hydrogens is 435 g/mol. The minimum Gasteiger partial charge on any atom is -0.493 e. The standard InChI is InChI=1S/C26H25FN4O3/c1-17(2)25-22(15-29-31(25)21-7-4-19(27)5-8-21)26(32)30-20-6-9-23(33-3)24(14-20)34-16-18-10-12-28-13-11-18/h4-15,17H,16H2,1-3H3,(H,30,32). The molecule has 8 heteroatoms. The van der Waals surface area contributed by atoms with Crippen LogP contribution in [0.1, 0.15) is 41.4 Å². The molecule has 4 aromatic rings. The van der Waals surface area contributed by atoms with Crippen molar-refractivity contribution in [3.63, 3.8) is 0 Å². The summed E-state index contributed by atoms with van der Waals surface area (Å²) in [4.78, 5) is 17.2. The molecule has 2 aromatic heterocycles. The first kappa shape index (κ1) is 23.0. The third-order valence-corrected chi connectivity index (χ3v) is 5.23. The lowest BCUT2D eigenvalue weighted by molar-refractivity contribution is 0.102. The molecule has 0 aliphatic carbocycles. The first-order valence-electron chi connectivity index (χ1n) is 10.8. The molecule has 34 heavy (non-hydrogen) atoms.